The first-order chi connectivity index (χ1) is 21.7. The van der Waals surface area contributed by atoms with Crippen molar-refractivity contribution >= 4 is 11.8 Å². The number of carbonyl (C=O) groups excluding carboxylic acids is 2. The molecule has 0 spiro atoms. The van der Waals surface area contributed by atoms with Gasteiger partial charge in [0.2, 0.25) is 0 Å². The van der Waals surface area contributed by atoms with E-state index in [0.717, 1.165) is 33.4 Å². The van der Waals surface area contributed by atoms with Gasteiger partial charge in [-0.05, 0) is 81.9 Å². The minimum absolute atomic E-state index is 0.257. The van der Waals surface area contributed by atoms with Crippen LogP contribution in [0.2, 0.25) is 0 Å². The molecule has 6 nitrogen and oxygen atoms in total. The van der Waals surface area contributed by atoms with E-state index in [1.807, 2.05) is 133 Å². The summed E-state index contributed by atoms with van der Waals surface area (Å²) in [6.07, 6.45) is 6.71. The largest absolute Gasteiger partial charge is 0.343 e. The molecule has 6 rings (SSSR count). The lowest BCUT2D eigenvalue weighted by molar-refractivity contribution is 0.0881. The summed E-state index contributed by atoms with van der Waals surface area (Å²) in [5.41, 5.74) is 6.82. The second kappa shape index (κ2) is 13.4. The third-order valence-corrected chi connectivity index (χ3v) is 7.55. The number of hydrogen-bond donors (Lipinski definition) is 2. The maximum atomic E-state index is 13.7. The Hall–Kier alpha value is -5.88. The predicted octanol–water partition coefficient (Wildman–Crippen LogP) is 7.45. The number of aromatic nitrogens is 2. The number of nitrogens with one attached hydrogen (secondary N) is 2. The standard InChI is InChI=1S/C38H30N4O2/c43-37(33-15-11-29(12-16-33)27-7-3-1-4-8-27)41-35(31-19-23-39-24-20-31)36(32-21-25-40-26-22-32)42-38(44)34-17-13-30(14-18-34)28-9-5-2-6-10-28/h1-26,35-36H,(H,41,43)(H,42,44). The van der Waals surface area contributed by atoms with E-state index >= 15 is 0 Å². The smallest absolute Gasteiger partial charge is 0.251 e. The van der Waals surface area contributed by atoms with Gasteiger partial charge in [0.05, 0.1) is 12.1 Å². The summed E-state index contributed by atoms with van der Waals surface area (Å²) in [6, 6.07) is 41.2. The summed E-state index contributed by atoms with van der Waals surface area (Å²) < 4.78 is 0. The van der Waals surface area contributed by atoms with E-state index in [2.05, 4.69) is 20.6 Å². The van der Waals surface area contributed by atoms with Gasteiger partial charge in [0, 0.05) is 35.9 Å². The van der Waals surface area contributed by atoms with Crippen LogP contribution in [0.3, 0.4) is 0 Å². The van der Waals surface area contributed by atoms with Gasteiger partial charge in [-0.2, -0.15) is 0 Å². The molecular formula is C38H30N4O2. The van der Waals surface area contributed by atoms with Crippen LogP contribution >= 0.6 is 0 Å². The highest BCUT2D eigenvalue weighted by Gasteiger charge is 2.29. The average molecular weight is 575 g/mol. The maximum absolute atomic E-state index is 13.7. The molecule has 0 saturated carbocycles. The van der Waals surface area contributed by atoms with Crippen LogP contribution in [0.1, 0.15) is 43.9 Å². The SMILES string of the molecule is O=C(NC(c1ccncc1)C(NC(=O)c1ccc(-c2ccccc2)cc1)c1ccncc1)c1ccc(-c2ccccc2)cc1. The fraction of sp³-hybridized carbons (Fsp3) is 0.0526. The molecule has 0 aliphatic rings. The van der Waals surface area contributed by atoms with Crippen molar-refractivity contribution in [1.82, 2.24) is 20.6 Å². The van der Waals surface area contributed by atoms with Crippen molar-refractivity contribution in [3.05, 3.63) is 181 Å². The summed E-state index contributed by atoms with van der Waals surface area (Å²) in [4.78, 5) is 35.7. The van der Waals surface area contributed by atoms with Crippen molar-refractivity contribution in [2.24, 2.45) is 0 Å². The minimum atomic E-state index is -0.603. The van der Waals surface area contributed by atoms with Crippen LogP contribution in [0.15, 0.2) is 158 Å². The highest BCUT2D eigenvalue weighted by molar-refractivity contribution is 5.96. The normalized spacial score (nSPS) is 12.1. The van der Waals surface area contributed by atoms with Gasteiger partial charge in [0.1, 0.15) is 0 Å². The number of benzene rings is 4. The zero-order valence-corrected chi connectivity index (χ0v) is 23.9. The molecule has 0 saturated heterocycles. The number of hydrogen-bond acceptors (Lipinski definition) is 4. The Morgan fingerprint density at radius 3 is 1.07 bits per heavy atom. The maximum Gasteiger partial charge on any atom is 0.251 e. The van der Waals surface area contributed by atoms with E-state index in [0.29, 0.717) is 11.1 Å². The summed E-state index contributed by atoms with van der Waals surface area (Å²) in [6.45, 7) is 0. The molecule has 2 unspecified atom stereocenters. The Morgan fingerprint density at radius 1 is 0.409 bits per heavy atom. The van der Waals surface area contributed by atoms with Crippen LogP contribution in [0.25, 0.3) is 22.3 Å². The Labute approximate surface area is 256 Å². The van der Waals surface area contributed by atoms with Crippen molar-refractivity contribution in [2.45, 2.75) is 12.1 Å². The third-order valence-electron chi connectivity index (χ3n) is 7.55. The number of nitrogens with zero attached hydrogens (tertiary/aromatic N) is 2. The topological polar surface area (TPSA) is 84.0 Å². The monoisotopic (exact) mass is 574 g/mol. The molecule has 4 aromatic carbocycles. The molecule has 214 valence electrons. The highest BCUT2D eigenvalue weighted by atomic mass is 16.2. The molecule has 0 bridgehead atoms. The average Bonchev–Trinajstić information content (AvgIpc) is 3.11. The van der Waals surface area contributed by atoms with Crippen molar-refractivity contribution in [2.75, 3.05) is 0 Å². The molecular weight excluding hydrogens is 544 g/mol. The first kappa shape index (κ1) is 28.2. The van der Waals surface area contributed by atoms with Crippen LogP contribution in [0.4, 0.5) is 0 Å². The molecule has 2 amide bonds. The van der Waals surface area contributed by atoms with Gasteiger partial charge >= 0.3 is 0 Å². The summed E-state index contributed by atoms with van der Waals surface area (Å²) >= 11 is 0. The van der Waals surface area contributed by atoms with Crippen molar-refractivity contribution < 1.29 is 9.59 Å². The summed E-state index contributed by atoms with van der Waals surface area (Å²) in [5.74, 6) is -0.515. The van der Waals surface area contributed by atoms with E-state index in [9.17, 15) is 9.59 Å². The van der Waals surface area contributed by atoms with Gasteiger partial charge in [-0.25, -0.2) is 0 Å². The molecule has 0 aliphatic heterocycles. The molecule has 2 aromatic heterocycles. The molecule has 0 radical (unpaired) electrons. The zero-order valence-electron chi connectivity index (χ0n) is 23.9. The first-order valence-electron chi connectivity index (χ1n) is 14.4. The van der Waals surface area contributed by atoms with Gasteiger partial charge in [-0.3, -0.25) is 19.6 Å². The number of pyridine rings is 2. The lowest BCUT2D eigenvalue weighted by Crippen LogP contribution is -2.40. The van der Waals surface area contributed by atoms with E-state index < -0.39 is 12.1 Å². The van der Waals surface area contributed by atoms with Crippen LogP contribution in [-0.4, -0.2) is 21.8 Å². The van der Waals surface area contributed by atoms with E-state index in [1.165, 1.54) is 0 Å². The number of amides is 2. The molecule has 2 heterocycles. The predicted molar refractivity (Wildman–Crippen MR) is 173 cm³/mol. The summed E-state index contributed by atoms with van der Waals surface area (Å²) in [7, 11) is 0. The van der Waals surface area contributed by atoms with Gasteiger partial charge < -0.3 is 10.6 Å². The second-order valence-electron chi connectivity index (χ2n) is 10.4. The quantitative estimate of drug-likeness (QED) is 0.188. The van der Waals surface area contributed by atoms with Gasteiger partial charge in [0.25, 0.3) is 11.8 Å². The van der Waals surface area contributed by atoms with E-state index in [-0.39, 0.29) is 11.8 Å². The number of rotatable bonds is 9. The second-order valence-corrected chi connectivity index (χ2v) is 10.4. The lowest BCUT2D eigenvalue weighted by atomic mass is 9.93. The Kier molecular flexibility index (Phi) is 8.60. The van der Waals surface area contributed by atoms with Crippen LogP contribution in [-0.2, 0) is 0 Å². The molecule has 0 aliphatic carbocycles. The van der Waals surface area contributed by atoms with Gasteiger partial charge in [0.15, 0.2) is 0 Å². The molecule has 0 fully saturated rings. The van der Waals surface area contributed by atoms with Gasteiger partial charge in [-0.15, -0.1) is 0 Å². The lowest BCUT2D eigenvalue weighted by Gasteiger charge is -2.30. The zero-order chi connectivity index (χ0) is 30.1. The summed E-state index contributed by atoms with van der Waals surface area (Å²) in [5, 5.41) is 6.39. The fourth-order valence-corrected chi connectivity index (χ4v) is 5.20. The van der Waals surface area contributed by atoms with E-state index in [4.69, 9.17) is 0 Å². The minimum Gasteiger partial charge on any atom is -0.343 e. The molecule has 2 atom stereocenters. The van der Waals surface area contributed by atoms with Crippen LogP contribution in [0, 0.1) is 0 Å². The van der Waals surface area contributed by atoms with Crippen molar-refractivity contribution in [3.63, 3.8) is 0 Å². The van der Waals surface area contributed by atoms with E-state index in [1.54, 1.807) is 24.8 Å². The molecule has 6 aromatic rings. The third kappa shape index (κ3) is 6.61. The van der Waals surface area contributed by atoms with Gasteiger partial charge in [-0.1, -0.05) is 84.9 Å². The Morgan fingerprint density at radius 2 is 0.727 bits per heavy atom. The first-order valence-corrected chi connectivity index (χ1v) is 14.4. The molecule has 2 N–H and O–H groups in total. The number of carbonyl (C=O) groups is 2. The molecule has 6 heteroatoms. The van der Waals surface area contributed by atoms with Crippen molar-refractivity contribution in [3.8, 4) is 22.3 Å². The fourth-order valence-electron chi connectivity index (χ4n) is 5.20. The Balaban J connectivity index is 1.29. The van der Waals surface area contributed by atoms with Crippen molar-refractivity contribution in [1.29, 1.82) is 0 Å². The molecule has 44 heavy (non-hydrogen) atoms. The van der Waals surface area contributed by atoms with Crippen LogP contribution in [0.5, 0.6) is 0 Å². The van der Waals surface area contributed by atoms with Crippen LogP contribution < -0.4 is 10.6 Å². The highest BCUT2D eigenvalue weighted by Crippen LogP contribution is 2.30. The Bertz CT molecular complexity index is 1670.